The summed E-state index contributed by atoms with van der Waals surface area (Å²) in [5, 5.41) is 2.14. The van der Waals surface area contributed by atoms with Gasteiger partial charge in [0, 0.05) is 18.9 Å². The number of carbonyl (C=O) groups excluding carboxylic acids is 1. The molecule has 2 heterocycles. The van der Waals surface area contributed by atoms with Crippen LogP contribution in [0.3, 0.4) is 0 Å². The van der Waals surface area contributed by atoms with Gasteiger partial charge in [-0.2, -0.15) is 26.3 Å². The Kier molecular flexibility index (Phi) is 5.80. The zero-order valence-electron chi connectivity index (χ0n) is 14.9. The first kappa shape index (κ1) is 21.7. The van der Waals surface area contributed by atoms with Crippen molar-refractivity contribution in [1.82, 2.24) is 14.9 Å². The summed E-state index contributed by atoms with van der Waals surface area (Å²) in [7, 11) is 0. The summed E-state index contributed by atoms with van der Waals surface area (Å²) in [6.45, 7) is -0.192. The molecule has 11 heteroatoms. The quantitative estimate of drug-likeness (QED) is 0.537. The number of alkyl halides is 6. The van der Waals surface area contributed by atoms with Crippen LogP contribution in [0.25, 0.3) is 5.82 Å². The van der Waals surface area contributed by atoms with E-state index in [2.05, 4.69) is 10.3 Å². The molecule has 158 valence electrons. The van der Waals surface area contributed by atoms with Crippen LogP contribution in [-0.2, 0) is 18.9 Å². The van der Waals surface area contributed by atoms with E-state index in [-0.39, 0.29) is 28.6 Å². The SMILES string of the molecule is O=C(NCc1cccc(C(F)(F)F)c1)c1cccn1-c1ncc(C(F)(F)F)cc1Cl. The largest absolute Gasteiger partial charge is 0.417 e. The van der Waals surface area contributed by atoms with Gasteiger partial charge in [-0.25, -0.2) is 4.98 Å². The average molecular weight is 448 g/mol. The molecule has 0 aliphatic carbocycles. The first-order valence-electron chi connectivity index (χ1n) is 8.31. The molecule has 0 aliphatic heterocycles. The monoisotopic (exact) mass is 447 g/mol. The van der Waals surface area contributed by atoms with Gasteiger partial charge in [0.15, 0.2) is 5.82 Å². The van der Waals surface area contributed by atoms with Crippen LogP contribution in [0.2, 0.25) is 5.02 Å². The summed E-state index contributed by atoms with van der Waals surface area (Å²) in [5.74, 6) is -0.769. The van der Waals surface area contributed by atoms with Crippen molar-refractivity contribution in [1.29, 1.82) is 0 Å². The number of hydrogen-bond acceptors (Lipinski definition) is 2. The Morgan fingerprint density at radius 2 is 1.70 bits per heavy atom. The van der Waals surface area contributed by atoms with Gasteiger partial charge in [-0.1, -0.05) is 23.7 Å². The summed E-state index contributed by atoms with van der Waals surface area (Å²) in [5.41, 5.74) is -1.67. The van der Waals surface area contributed by atoms with Gasteiger partial charge in [-0.05, 0) is 35.9 Å². The normalized spacial score (nSPS) is 12.1. The number of aromatic nitrogens is 2. The van der Waals surface area contributed by atoms with Crippen LogP contribution in [-0.4, -0.2) is 15.5 Å². The minimum absolute atomic E-state index is 0.00358. The van der Waals surface area contributed by atoms with Gasteiger partial charge < -0.3 is 5.32 Å². The van der Waals surface area contributed by atoms with Gasteiger partial charge in [0.2, 0.25) is 0 Å². The maximum Gasteiger partial charge on any atom is 0.417 e. The van der Waals surface area contributed by atoms with Crippen molar-refractivity contribution in [3.63, 3.8) is 0 Å². The van der Waals surface area contributed by atoms with E-state index in [1.165, 1.54) is 35.0 Å². The third-order valence-corrected chi connectivity index (χ3v) is 4.34. The molecule has 0 unspecified atom stereocenters. The molecule has 0 spiro atoms. The first-order chi connectivity index (χ1) is 14.0. The molecule has 1 amide bonds. The molecule has 1 aromatic carbocycles. The second kappa shape index (κ2) is 8.02. The minimum atomic E-state index is -4.63. The number of nitrogens with zero attached hydrogens (tertiary/aromatic N) is 2. The summed E-state index contributed by atoms with van der Waals surface area (Å²) in [4.78, 5) is 16.2. The Balaban J connectivity index is 1.80. The van der Waals surface area contributed by atoms with Crippen molar-refractivity contribution in [2.75, 3.05) is 0 Å². The molecule has 1 N–H and O–H groups in total. The molecule has 0 fully saturated rings. The number of pyridine rings is 1. The Labute approximate surface area is 171 Å². The van der Waals surface area contributed by atoms with Gasteiger partial charge in [0.05, 0.1) is 16.1 Å². The van der Waals surface area contributed by atoms with Crippen LogP contribution in [0.5, 0.6) is 0 Å². The Morgan fingerprint density at radius 3 is 2.33 bits per heavy atom. The zero-order valence-corrected chi connectivity index (χ0v) is 15.6. The third kappa shape index (κ3) is 4.76. The molecule has 0 radical (unpaired) electrons. The van der Waals surface area contributed by atoms with E-state index >= 15 is 0 Å². The number of carbonyl (C=O) groups is 1. The van der Waals surface area contributed by atoms with Crippen LogP contribution in [0.1, 0.15) is 27.2 Å². The maximum absolute atomic E-state index is 12.8. The van der Waals surface area contributed by atoms with Crippen molar-refractivity contribution in [3.05, 3.63) is 82.3 Å². The Hall–Kier alpha value is -3.01. The molecule has 0 saturated heterocycles. The lowest BCUT2D eigenvalue weighted by molar-refractivity contribution is -0.138. The minimum Gasteiger partial charge on any atom is -0.347 e. The highest BCUT2D eigenvalue weighted by Gasteiger charge is 2.32. The van der Waals surface area contributed by atoms with E-state index in [1.54, 1.807) is 0 Å². The number of halogens is 7. The van der Waals surface area contributed by atoms with E-state index in [0.29, 0.717) is 12.3 Å². The molecule has 3 rings (SSSR count). The van der Waals surface area contributed by atoms with E-state index < -0.39 is 29.4 Å². The lowest BCUT2D eigenvalue weighted by atomic mass is 10.1. The molecule has 0 saturated carbocycles. The topological polar surface area (TPSA) is 46.9 Å². The van der Waals surface area contributed by atoms with E-state index in [0.717, 1.165) is 12.1 Å². The molecule has 0 atom stereocenters. The standard InChI is InChI=1S/C19H12ClF6N3O/c20-14-8-13(19(24,25)26)10-27-16(14)29-6-2-5-15(29)17(30)28-9-11-3-1-4-12(7-11)18(21,22)23/h1-8,10H,9H2,(H,28,30). The van der Waals surface area contributed by atoms with Crippen LogP contribution >= 0.6 is 11.6 Å². The van der Waals surface area contributed by atoms with Crippen LogP contribution in [0.4, 0.5) is 26.3 Å². The highest BCUT2D eigenvalue weighted by atomic mass is 35.5. The fourth-order valence-corrected chi connectivity index (χ4v) is 2.90. The number of benzene rings is 1. The van der Waals surface area contributed by atoms with E-state index in [4.69, 9.17) is 11.6 Å². The molecule has 3 aromatic rings. The Bertz CT molecular complexity index is 1070. The number of nitrogens with one attached hydrogen (secondary N) is 1. The molecule has 30 heavy (non-hydrogen) atoms. The first-order valence-corrected chi connectivity index (χ1v) is 8.69. The molecule has 0 bridgehead atoms. The van der Waals surface area contributed by atoms with Gasteiger partial charge >= 0.3 is 12.4 Å². The Morgan fingerprint density at radius 1 is 1.00 bits per heavy atom. The molecule has 2 aromatic heterocycles. The van der Waals surface area contributed by atoms with Gasteiger partial charge in [-0.15, -0.1) is 0 Å². The second-order valence-electron chi connectivity index (χ2n) is 6.17. The maximum atomic E-state index is 12.8. The lowest BCUT2D eigenvalue weighted by Crippen LogP contribution is -2.25. The molecule has 4 nitrogen and oxygen atoms in total. The van der Waals surface area contributed by atoms with Crippen LogP contribution in [0, 0.1) is 0 Å². The highest BCUT2D eigenvalue weighted by molar-refractivity contribution is 6.32. The number of rotatable bonds is 4. The fourth-order valence-electron chi connectivity index (χ4n) is 2.64. The second-order valence-corrected chi connectivity index (χ2v) is 6.58. The fraction of sp³-hybridized carbons (Fsp3) is 0.158. The lowest BCUT2D eigenvalue weighted by Gasteiger charge is -2.13. The molecule has 0 aliphatic rings. The number of hydrogen-bond donors (Lipinski definition) is 1. The average Bonchev–Trinajstić information content (AvgIpc) is 3.14. The van der Waals surface area contributed by atoms with Crippen LogP contribution in [0.15, 0.2) is 54.9 Å². The molecular weight excluding hydrogens is 436 g/mol. The summed E-state index contributed by atoms with van der Waals surface area (Å²) in [6, 6.07) is 7.98. The summed E-state index contributed by atoms with van der Waals surface area (Å²) in [6.07, 6.45) is -7.18. The van der Waals surface area contributed by atoms with Gasteiger partial charge in [0.25, 0.3) is 5.91 Å². The zero-order chi connectivity index (χ0) is 22.1. The van der Waals surface area contributed by atoms with E-state index in [9.17, 15) is 31.1 Å². The predicted molar refractivity (Wildman–Crippen MR) is 96.2 cm³/mol. The van der Waals surface area contributed by atoms with Crippen molar-refractivity contribution in [2.24, 2.45) is 0 Å². The van der Waals surface area contributed by atoms with Gasteiger partial charge in [-0.3, -0.25) is 9.36 Å². The number of amides is 1. The predicted octanol–water partition coefficient (Wildman–Crippen LogP) is 5.49. The molecular formula is C19H12ClF6N3O. The van der Waals surface area contributed by atoms with Gasteiger partial charge in [0.1, 0.15) is 5.69 Å². The smallest absolute Gasteiger partial charge is 0.347 e. The summed E-state index contributed by atoms with van der Waals surface area (Å²) >= 11 is 5.92. The van der Waals surface area contributed by atoms with Crippen molar-refractivity contribution >= 4 is 17.5 Å². The van der Waals surface area contributed by atoms with E-state index in [1.807, 2.05) is 0 Å². The highest BCUT2D eigenvalue weighted by Crippen LogP contribution is 2.32. The van der Waals surface area contributed by atoms with Crippen molar-refractivity contribution in [2.45, 2.75) is 18.9 Å². The summed E-state index contributed by atoms with van der Waals surface area (Å²) < 4.78 is 77.9. The van der Waals surface area contributed by atoms with Crippen molar-refractivity contribution < 1.29 is 31.1 Å². The van der Waals surface area contributed by atoms with Crippen molar-refractivity contribution in [3.8, 4) is 5.82 Å². The third-order valence-electron chi connectivity index (χ3n) is 4.07. The van der Waals surface area contributed by atoms with Crippen LogP contribution < -0.4 is 5.32 Å².